The molecule has 0 aliphatic carbocycles. The number of carbonyl (C=O) groups excluding carboxylic acids is 1. The predicted molar refractivity (Wildman–Crippen MR) is 101 cm³/mol. The summed E-state index contributed by atoms with van der Waals surface area (Å²) in [6.45, 7) is 2.35. The van der Waals surface area contributed by atoms with Crippen molar-refractivity contribution in [2.45, 2.75) is 20.0 Å². The highest BCUT2D eigenvalue weighted by Crippen LogP contribution is 2.14. The average molecular weight is 467 g/mol. The molecule has 2 heterocycles. The Bertz CT molecular complexity index is 942. The molecule has 26 heavy (non-hydrogen) atoms. The molecule has 1 amide bonds. The molecule has 0 atom stereocenters. The molecule has 0 saturated heterocycles. The van der Waals surface area contributed by atoms with Crippen LogP contribution >= 0.6 is 22.6 Å². The van der Waals surface area contributed by atoms with Crippen LogP contribution in [0.3, 0.4) is 0 Å². The number of aryl methyl sites for hydroxylation is 1. The summed E-state index contributed by atoms with van der Waals surface area (Å²) >= 11 is 2.10. The SMILES string of the molecule is Cc1ncc(Cn2nnc(CNC(=O)c3ccc(F)cc3)c2I)c(N)n1. The number of hydrogen-bond donors (Lipinski definition) is 2. The van der Waals surface area contributed by atoms with E-state index < -0.39 is 5.82 Å². The highest BCUT2D eigenvalue weighted by atomic mass is 127. The Morgan fingerprint density at radius 3 is 2.77 bits per heavy atom. The molecule has 10 heteroatoms. The van der Waals surface area contributed by atoms with E-state index in [1.54, 1.807) is 17.8 Å². The number of benzene rings is 1. The Morgan fingerprint density at radius 2 is 2.08 bits per heavy atom. The van der Waals surface area contributed by atoms with E-state index in [4.69, 9.17) is 5.73 Å². The standard InChI is InChI=1S/C16H15FIN7O/c1-9-20-6-11(15(19)22-9)8-25-14(18)13(23-24-25)7-21-16(26)10-2-4-12(17)5-3-10/h2-6H,7-8H2,1H3,(H,21,26)(H2,19,20,22). The second-order valence-corrected chi connectivity index (χ2v) is 6.52. The summed E-state index contributed by atoms with van der Waals surface area (Å²) in [5.74, 6) is 0.295. The summed E-state index contributed by atoms with van der Waals surface area (Å²) in [7, 11) is 0. The van der Waals surface area contributed by atoms with Crippen LogP contribution in [0.2, 0.25) is 0 Å². The van der Waals surface area contributed by atoms with Crippen LogP contribution in [-0.4, -0.2) is 30.9 Å². The summed E-state index contributed by atoms with van der Waals surface area (Å²) in [6, 6.07) is 5.32. The molecular weight excluding hydrogens is 452 g/mol. The normalized spacial score (nSPS) is 10.7. The number of nitrogens with zero attached hydrogens (tertiary/aromatic N) is 5. The Balaban J connectivity index is 1.67. The van der Waals surface area contributed by atoms with Gasteiger partial charge in [-0.2, -0.15) is 0 Å². The minimum atomic E-state index is -0.390. The van der Waals surface area contributed by atoms with Gasteiger partial charge in [-0.1, -0.05) is 5.21 Å². The average Bonchev–Trinajstić information content (AvgIpc) is 2.96. The first-order valence-corrected chi connectivity index (χ1v) is 8.71. The Labute approximate surface area is 162 Å². The highest BCUT2D eigenvalue weighted by Gasteiger charge is 2.14. The van der Waals surface area contributed by atoms with Crippen molar-refractivity contribution in [2.24, 2.45) is 0 Å². The Morgan fingerprint density at radius 1 is 1.35 bits per heavy atom. The molecule has 0 aliphatic rings. The summed E-state index contributed by atoms with van der Waals surface area (Å²) < 4.78 is 15.3. The van der Waals surface area contributed by atoms with Crippen molar-refractivity contribution in [3.63, 3.8) is 0 Å². The summed E-state index contributed by atoms with van der Waals surface area (Å²) in [6.07, 6.45) is 1.66. The number of aromatic nitrogens is 5. The molecular formula is C16H15FIN7O. The van der Waals surface area contributed by atoms with Crippen LogP contribution < -0.4 is 11.1 Å². The fraction of sp³-hybridized carbons (Fsp3) is 0.188. The van der Waals surface area contributed by atoms with Crippen LogP contribution in [0.25, 0.3) is 0 Å². The van der Waals surface area contributed by atoms with Crippen LogP contribution in [0.4, 0.5) is 10.2 Å². The fourth-order valence-electron chi connectivity index (χ4n) is 2.21. The molecule has 1 aromatic carbocycles. The van der Waals surface area contributed by atoms with Crippen molar-refractivity contribution in [3.05, 3.63) is 62.6 Å². The van der Waals surface area contributed by atoms with Crippen molar-refractivity contribution < 1.29 is 9.18 Å². The predicted octanol–water partition coefficient (Wildman–Crippen LogP) is 1.68. The number of rotatable bonds is 5. The van der Waals surface area contributed by atoms with Gasteiger partial charge in [0.1, 0.15) is 26.9 Å². The fourth-order valence-corrected chi connectivity index (χ4v) is 2.78. The first-order chi connectivity index (χ1) is 12.4. The molecule has 0 bridgehead atoms. The number of anilines is 1. The molecule has 0 fully saturated rings. The number of hydrogen-bond acceptors (Lipinski definition) is 6. The van der Waals surface area contributed by atoms with Gasteiger partial charge >= 0.3 is 0 Å². The third-order valence-electron chi connectivity index (χ3n) is 3.60. The lowest BCUT2D eigenvalue weighted by Gasteiger charge is -2.06. The highest BCUT2D eigenvalue weighted by molar-refractivity contribution is 14.1. The van der Waals surface area contributed by atoms with Crippen molar-refractivity contribution in [1.29, 1.82) is 0 Å². The minimum Gasteiger partial charge on any atom is -0.383 e. The summed E-state index contributed by atoms with van der Waals surface area (Å²) in [4.78, 5) is 20.3. The minimum absolute atomic E-state index is 0.203. The molecule has 3 rings (SSSR count). The van der Waals surface area contributed by atoms with E-state index in [-0.39, 0.29) is 12.5 Å². The lowest BCUT2D eigenvalue weighted by atomic mass is 10.2. The zero-order valence-electron chi connectivity index (χ0n) is 13.8. The lowest BCUT2D eigenvalue weighted by Crippen LogP contribution is -2.23. The second-order valence-electron chi connectivity index (χ2n) is 5.50. The summed E-state index contributed by atoms with van der Waals surface area (Å²) in [5.41, 5.74) is 7.63. The molecule has 0 aliphatic heterocycles. The van der Waals surface area contributed by atoms with Crippen molar-refractivity contribution in [1.82, 2.24) is 30.3 Å². The smallest absolute Gasteiger partial charge is 0.251 e. The van der Waals surface area contributed by atoms with Crippen molar-refractivity contribution in [2.75, 3.05) is 5.73 Å². The third kappa shape index (κ3) is 4.12. The number of halogens is 2. The van der Waals surface area contributed by atoms with Crippen molar-refractivity contribution >= 4 is 34.3 Å². The monoisotopic (exact) mass is 467 g/mol. The number of nitrogen functional groups attached to an aromatic ring is 1. The largest absolute Gasteiger partial charge is 0.383 e. The molecule has 0 unspecified atom stereocenters. The molecule has 3 N–H and O–H groups in total. The Hall–Kier alpha value is -2.63. The van der Waals surface area contributed by atoms with E-state index >= 15 is 0 Å². The second kappa shape index (κ2) is 7.72. The first-order valence-electron chi connectivity index (χ1n) is 7.63. The molecule has 0 spiro atoms. The van der Waals surface area contributed by atoms with E-state index in [0.29, 0.717) is 29.4 Å². The van der Waals surface area contributed by atoms with Gasteiger partial charge in [-0.15, -0.1) is 5.10 Å². The lowest BCUT2D eigenvalue weighted by molar-refractivity contribution is 0.0950. The van der Waals surface area contributed by atoms with Gasteiger partial charge in [0.05, 0.1) is 13.1 Å². The van der Waals surface area contributed by atoms with Gasteiger partial charge in [0, 0.05) is 17.3 Å². The number of carbonyl (C=O) groups is 1. The van der Waals surface area contributed by atoms with Crippen LogP contribution in [0, 0.1) is 16.4 Å². The molecule has 2 aromatic heterocycles. The van der Waals surface area contributed by atoms with E-state index in [9.17, 15) is 9.18 Å². The van der Waals surface area contributed by atoms with E-state index in [1.165, 1.54) is 24.3 Å². The first kappa shape index (κ1) is 18.2. The van der Waals surface area contributed by atoms with Gasteiger partial charge in [0.15, 0.2) is 0 Å². The molecule has 8 nitrogen and oxygen atoms in total. The Kier molecular flexibility index (Phi) is 5.40. The number of nitrogens with two attached hydrogens (primary N) is 1. The van der Waals surface area contributed by atoms with Crippen LogP contribution in [0.15, 0.2) is 30.5 Å². The van der Waals surface area contributed by atoms with Crippen molar-refractivity contribution in [3.8, 4) is 0 Å². The number of amides is 1. The van der Waals surface area contributed by atoms with Gasteiger partial charge in [-0.05, 0) is 53.8 Å². The molecule has 134 valence electrons. The van der Waals surface area contributed by atoms with Gasteiger partial charge < -0.3 is 11.1 Å². The molecule has 3 aromatic rings. The quantitative estimate of drug-likeness (QED) is 0.553. The number of nitrogens with one attached hydrogen (secondary N) is 1. The van der Waals surface area contributed by atoms with Crippen LogP contribution in [-0.2, 0) is 13.1 Å². The third-order valence-corrected chi connectivity index (χ3v) is 4.78. The van der Waals surface area contributed by atoms with Gasteiger partial charge in [0.25, 0.3) is 5.91 Å². The maximum absolute atomic E-state index is 12.9. The van der Waals surface area contributed by atoms with Crippen LogP contribution in [0.1, 0.15) is 27.4 Å². The molecule has 0 radical (unpaired) electrons. The van der Waals surface area contributed by atoms with Gasteiger partial charge in [-0.3, -0.25) is 4.79 Å². The summed E-state index contributed by atoms with van der Waals surface area (Å²) in [5, 5.41) is 10.9. The maximum Gasteiger partial charge on any atom is 0.251 e. The van der Waals surface area contributed by atoms with E-state index in [2.05, 4.69) is 48.2 Å². The van der Waals surface area contributed by atoms with E-state index in [1.807, 2.05) is 0 Å². The topological polar surface area (TPSA) is 112 Å². The van der Waals surface area contributed by atoms with Crippen LogP contribution in [0.5, 0.6) is 0 Å². The molecule has 0 saturated carbocycles. The van der Waals surface area contributed by atoms with Gasteiger partial charge in [0.2, 0.25) is 0 Å². The maximum atomic E-state index is 12.9. The van der Waals surface area contributed by atoms with E-state index in [0.717, 1.165) is 9.26 Å². The zero-order chi connectivity index (χ0) is 18.7. The van der Waals surface area contributed by atoms with Gasteiger partial charge in [-0.25, -0.2) is 19.0 Å². The zero-order valence-corrected chi connectivity index (χ0v) is 15.9.